The van der Waals surface area contributed by atoms with Crippen LogP contribution >= 0.6 is 0 Å². The molecule has 0 amide bonds. The molecule has 2 N–H and O–H groups in total. The van der Waals surface area contributed by atoms with Crippen LogP contribution in [0.25, 0.3) is 0 Å². The standard InChI is InChI=1S/C28H56O2.C12H24O2/c1-4-7-10-13-16-17-20-23-26-28(27(29)30,24-21-18-14-11-8-5-2)25-22-19-15-12-9-6-3;1-2-3-4-5-6-7-8-9-10-11-12(13)14/h4-26H2,1-3H3,(H,29,30);2-11H2,1H3,(H,13,14). The van der Waals surface area contributed by atoms with E-state index in [2.05, 4.69) is 27.7 Å². The summed E-state index contributed by atoms with van der Waals surface area (Å²) in [5.41, 5.74) is -0.447. The van der Waals surface area contributed by atoms with E-state index >= 15 is 0 Å². The first kappa shape index (κ1) is 45.1. The van der Waals surface area contributed by atoms with E-state index in [1.165, 1.54) is 154 Å². The molecule has 0 saturated heterocycles. The quantitative estimate of drug-likeness (QED) is 0.0698. The molecule has 0 fully saturated rings. The number of unbranched alkanes of at least 4 members (excludes halogenated alkanes) is 25. The summed E-state index contributed by atoms with van der Waals surface area (Å²) in [5, 5.41) is 18.6. The van der Waals surface area contributed by atoms with Crippen LogP contribution in [0.1, 0.15) is 240 Å². The largest absolute Gasteiger partial charge is 0.481 e. The molecule has 44 heavy (non-hydrogen) atoms. The number of hydrogen-bond donors (Lipinski definition) is 2. The summed E-state index contributed by atoms with van der Waals surface area (Å²) < 4.78 is 0. The first-order valence-electron chi connectivity index (χ1n) is 19.8. The van der Waals surface area contributed by atoms with Crippen LogP contribution in [-0.2, 0) is 9.59 Å². The molecule has 0 saturated carbocycles. The number of carboxylic acid groups (broad SMARTS) is 2. The highest BCUT2D eigenvalue weighted by molar-refractivity contribution is 5.74. The lowest BCUT2D eigenvalue weighted by Crippen LogP contribution is -2.31. The van der Waals surface area contributed by atoms with E-state index < -0.39 is 17.4 Å². The van der Waals surface area contributed by atoms with Crippen molar-refractivity contribution in [1.29, 1.82) is 0 Å². The molecule has 264 valence electrons. The number of carboxylic acids is 2. The molecule has 4 nitrogen and oxygen atoms in total. The molecule has 0 atom stereocenters. The summed E-state index contributed by atoms with van der Waals surface area (Å²) in [6.45, 7) is 8.99. The van der Waals surface area contributed by atoms with Crippen LogP contribution < -0.4 is 0 Å². The minimum Gasteiger partial charge on any atom is -0.481 e. The molecule has 0 radical (unpaired) electrons. The van der Waals surface area contributed by atoms with Crippen LogP contribution in [0.5, 0.6) is 0 Å². The van der Waals surface area contributed by atoms with Gasteiger partial charge in [-0.1, -0.05) is 207 Å². The van der Waals surface area contributed by atoms with E-state index in [1.807, 2.05) is 0 Å². The van der Waals surface area contributed by atoms with Gasteiger partial charge >= 0.3 is 11.9 Å². The van der Waals surface area contributed by atoms with E-state index in [1.54, 1.807) is 0 Å². The van der Waals surface area contributed by atoms with Crippen LogP contribution in [-0.4, -0.2) is 22.2 Å². The smallest absolute Gasteiger partial charge is 0.309 e. The van der Waals surface area contributed by atoms with Crippen molar-refractivity contribution < 1.29 is 19.8 Å². The van der Waals surface area contributed by atoms with Crippen molar-refractivity contribution in [2.45, 2.75) is 240 Å². The monoisotopic (exact) mass is 625 g/mol. The highest BCUT2D eigenvalue weighted by atomic mass is 16.4. The zero-order chi connectivity index (χ0) is 33.0. The van der Waals surface area contributed by atoms with Gasteiger partial charge in [-0.3, -0.25) is 9.59 Å². The Morgan fingerprint density at radius 3 is 0.818 bits per heavy atom. The summed E-state index contributed by atoms with van der Waals surface area (Å²) >= 11 is 0. The lowest BCUT2D eigenvalue weighted by Gasteiger charge is -2.30. The summed E-state index contributed by atoms with van der Waals surface area (Å²) in [6.07, 6.45) is 39.5. The fraction of sp³-hybridized carbons (Fsp3) is 0.950. The van der Waals surface area contributed by atoms with Gasteiger partial charge in [-0.15, -0.1) is 0 Å². The van der Waals surface area contributed by atoms with Gasteiger partial charge < -0.3 is 10.2 Å². The fourth-order valence-electron chi connectivity index (χ4n) is 6.37. The van der Waals surface area contributed by atoms with Crippen molar-refractivity contribution in [3.05, 3.63) is 0 Å². The van der Waals surface area contributed by atoms with Gasteiger partial charge in [0, 0.05) is 6.42 Å². The van der Waals surface area contributed by atoms with Crippen molar-refractivity contribution in [2.24, 2.45) is 5.41 Å². The molecule has 0 heterocycles. The van der Waals surface area contributed by atoms with E-state index in [-0.39, 0.29) is 0 Å². The van der Waals surface area contributed by atoms with Gasteiger partial charge in [0.05, 0.1) is 5.41 Å². The third-order valence-corrected chi connectivity index (χ3v) is 9.47. The second kappa shape index (κ2) is 36.4. The summed E-state index contributed by atoms with van der Waals surface area (Å²) in [4.78, 5) is 22.6. The highest BCUT2D eigenvalue weighted by Gasteiger charge is 2.36. The van der Waals surface area contributed by atoms with Crippen LogP contribution in [0, 0.1) is 5.41 Å². The Morgan fingerprint density at radius 2 is 0.591 bits per heavy atom. The minimum absolute atomic E-state index is 0.343. The van der Waals surface area contributed by atoms with Crippen molar-refractivity contribution >= 4 is 11.9 Å². The maximum Gasteiger partial charge on any atom is 0.309 e. The molecule has 0 aromatic heterocycles. The van der Waals surface area contributed by atoms with Gasteiger partial charge in [0.15, 0.2) is 0 Å². The Kier molecular flexibility index (Phi) is 37.3. The predicted octanol–water partition coefficient (Wildman–Crippen LogP) is 14.1. The minimum atomic E-state index is -0.659. The second-order valence-electron chi connectivity index (χ2n) is 13.8. The average molecular weight is 625 g/mol. The normalized spacial score (nSPS) is 11.4. The maximum absolute atomic E-state index is 12.4. The van der Waals surface area contributed by atoms with Crippen LogP contribution in [0.15, 0.2) is 0 Å². The topological polar surface area (TPSA) is 74.6 Å². The lowest BCUT2D eigenvalue weighted by atomic mass is 9.74. The third kappa shape index (κ3) is 32.3. The Morgan fingerprint density at radius 1 is 0.364 bits per heavy atom. The molecule has 0 bridgehead atoms. The molecule has 0 rings (SSSR count). The summed E-state index contributed by atoms with van der Waals surface area (Å²) in [6, 6.07) is 0. The Labute approximate surface area is 276 Å². The molecular formula is C40H80O4. The molecule has 0 aromatic carbocycles. The molecule has 0 unspecified atom stereocenters. The zero-order valence-corrected chi connectivity index (χ0v) is 30.5. The first-order valence-corrected chi connectivity index (χ1v) is 19.8. The average Bonchev–Trinajstić information content (AvgIpc) is 3.00. The van der Waals surface area contributed by atoms with Crippen LogP contribution in [0.3, 0.4) is 0 Å². The molecule has 0 aliphatic heterocycles. The highest BCUT2D eigenvalue weighted by Crippen LogP contribution is 2.38. The van der Waals surface area contributed by atoms with Gasteiger partial charge in [-0.2, -0.15) is 0 Å². The van der Waals surface area contributed by atoms with E-state index in [9.17, 15) is 14.7 Å². The van der Waals surface area contributed by atoms with Gasteiger partial charge in [0.2, 0.25) is 0 Å². The van der Waals surface area contributed by atoms with Crippen molar-refractivity contribution in [2.75, 3.05) is 0 Å². The number of hydrogen-bond acceptors (Lipinski definition) is 2. The van der Waals surface area contributed by atoms with Crippen molar-refractivity contribution in [3.8, 4) is 0 Å². The lowest BCUT2D eigenvalue weighted by molar-refractivity contribution is -0.151. The maximum atomic E-state index is 12.4. The second-order valence-corrected chi connectivity index (χ2v) is 13.8. The van der Waals surface area contributed by atoms with Gasteiger partial charge in [-0.05, 0) is 25.7 Å². The summed E-state index contributed by atoms with van der Waals surface area (Å²) in [5.74, 6) is -1.17. The molecule has 4 heteroatoms. The van der Waals surface area contributed by atoms with E-state index in [0.29, 0.717) is 6.42 Å². The van der Waals surface area contributed by atoms with Crippen LogP contribution in [0.2, 0.25) is 0 Å². The molecule has 0 aliphatic rings. The number of aliphatic carboxylic acids is 2. The van der Waals surface area contributed by atoms with Gasteiger partial charge in [0.25, 0.3) is 0 Å². The molecule has 0 aliphatic carbocycles. The number of rotatable bonds is 34. The first-order chi connectivity index (χ1) is 21.4. The Balaban J connectivity index is 0. The predicted molar refractivity (Wildman–Crippen MR) is 193 cm³/mol. The van der Waals surface area contributed by atoms with Crippen molar-refractivity contribution in [1.82, 2.24) is 0 Å². The Bertz CT molecular complexity index is 572. The Hall–Kier alpha value is -1.06. The molecular weight excluding hydrogens is 544 g/mol. The van der Waals surface area contributed by atoms with Gasteiger partial charge in [0.1, 0.15) is 0 Å². The fourth-order valence-corrected chi connectivity index (χ4v) is 6.37. The zero-order valence-electron chi connectivity index (χ0n) is 30.5. The molecule has 0 aromatic rings. The molecule has 0 spiro atoms. The van der Waals surface area contributed by atoms with Gasteiger partial charge in [-0.25, -0.2) is 0 Å². The van der Waals surface area contributed by atoms with E-state index in [0.717, 1.165) is 51.4 Å². The third-order valence-electron chi connectivity index (χ3n) is 9.47. The van der Waals surface area contributed by atoms with E-state index in [4.69, 9.17) is 5.11 Å². The van der Waals surface area contributed by atoms with Crippen LogP contribution in [0.4, 0.5) is 0 Å². The van der Waals surface area contributed by atoms with Crippen molar-refractivity contribution in [3.63, 3.8) is 0 Å². The SMILES string of the molecule is CCCCCCCCCCC(CCCCCCCC)(CCCCCCCC)C(=O)O.CCCCCCCCCCCC(=O)O. The number of carbonyl (C=O) groups is 2. The summed E-state index contributed by atoms with van der Waals surface area (Å²) in [7, 11) is 0.